The molecule has 1 unspecified atom stereocenters. The maximum Gasteiger partial charge on any atom is 0.251 e. The van der Waals surface area contributed by atoms with Crippen molar-refractivity contribution in [2.45, 2.75) is 43.4 Å². The first-order chi connectivity index (χ1) is 18.0. The van der Waals surface area contributed by atoms with Crippen molar-refractivity contribution in [1.29, 1.82) is 0 Å². The topological polar surface area (TPSA) is 78.4 Å². The first-order valence-corrected chi connectivity index (χ1v) is 13.4. The summed E-state index contributed by atoms with van der Waals surface area (Å²) in [6.07, 6.45) is 3.33. The first kappa shape index (κ1) is 26.3. The first-order valence-electron chi connectivity index (χ1n) is 12.6. The normalized spacial score (nSPS) is 11.7. The van der Waals surface area contributed by atoms with Crippen LogP contribution < -0.4 is 10.0 Å². The van der Waals surface area contributed by atoms with Gasteiger partial charge < -0.3 is 10.4 Å². The second-order valence-electron chi connectivity index (χ2n) is 9.19. The van der Waals surface area contributed by atoms with Gasteiger partial charge >= 0.3 is 0 Å². The Morgan fingerprint density at radius 2 is 1.57 bits per heavy atom. The summed E-state index contributed by atoms with van der Waals surface area (Å²) in [6.45, 7) is 2.61. The number of phenolic OH excluding ortho intramolecular Hbond substituents is 1. The Labute approximate surface area is 222 Å². The molecule has 3 N–H and O–H groups in total. The highest BCUT2D eigenvalue weighted by Crippen LogP contribution is 2.28. The summed E-state index contributed by atoms with van der Waals surface area (Å²) in [4.78, 5) is 26.5. The zero-order valence-corrected chi connectivity index (χ0v) is 21.8. The van der Waals surface area contributed by atoms with E-state index in [-0.39, 0.29) is 23.5 Å². The predicted molar refractivity (Wildman–Crippen MR) is 151 cm³/mol. The zero-order valence-electron chi connectivity index (χ0n) is 20.9. The molecule has 37 heavy (non-hydrogen) atoms. The summed E-state index contributed by atoms with van der Waals surface area (Å²) in [5.41, 5.74) is 2.72. The second kappa shape index (κ2) is 13.0. The number of hydrogen-bond donors (Lipinski definition) is 3. The molecule has 4 aromatic carbocycles. The van der Waals surface area contributed by atoms with E-state index in [1.165, 1.54) is 29.6 Å². The third-order valence-corrected chi connectivity index (χ3v) is 7.18. The zero-order chi connectivity index (χ0) is 26.0. The molecular weight excluding hydrogens is 480 g/mol. The van der Waals surface area contributed by atoms with Gasteiger partial charge in [0.25, 0.3) is 5.91 Å². The molecule has 190 valence electrons. The van der Waals surface area contributed by atoms with E-state index in [1.807, 2.05) is 43.3 Å². The minimum atomic E-state index is -0.255. The quantitative estimate of drug-likeness (QED) is 0.153. The molecule has 0 bridgehead atoms. The van der Waals surface area contributed by atoms with E-state index in [2.05, 4.69) is 40.4 Å². The summed E-state index contributed by atoms with van der Waals surface area (Å²) < 4.78 is 3.06. The van der Waals surface area contributed by atoms with Gasteiger partial charge in [-0.2, -0.15) is 0 Å². The summed E-state index contributed by atoms with van der Waals surface area (Å²) in [5.74, 6) is -0.268. The minimum absolute atomic E-state index is 0.00138. The van der Waals surface area contributed by atoms with Crippen LogP contribution in [0.2, 0.25) is 0 Å². The standard InChI is InChI=1S/C31H32N2O3S/c1-22-10-18-28(19-11-22)37-33-31(36)29(26-13-12-23-7-4-5-8-25(23)21-26)9-3-2-6-20-32-30(35)24-14-16-27(34)17-15-24/h4-5,7-8,10-19,21,29,34H,2-3,6,9,20H2,1H3,(H,32,35)(H,33,36). The monoisotopic (exact) mass is 512 g/mol. The largest absolute Gasteiger partial charge is 0.508 e. The van der Waals surface area contributed by atoms with Crippen molar-refractivity contribution in [3.05, 3.63) is 108 Å². The van der Waals surface area contributed by atoms with Crippen LogP contribution in [0.3, 0.4) is 0 Å². The van der Waals surface area contributed by atoms with Gasteiger partial charge in [-0.1, -0.05) is 73.0 Å². The maximum absolute atomic E-state index is 13.3. The van der Waals surface area contributed by atoms with Gasteiger partial charge in [0, 0.05) is 17.0 Å². The van der Waals surface area contributed by atoms with E-state index in [1.54, 1.807) is 12.1 Å². The van der Waals surface area contributed by atoms with Crippen molar-refractivity contribution >= 4 is 34.5 Å². The Morgan fingerprint density at radius 3 is 2.32 bits per heavy atom. The Balaban J connectivity index is 1.33. The molecule has 0 saturated carbocycles. The lowest BCUT2D eigenvalue weighted by Crippen LogP contribution is -2.25. The molecule has 0 radical (unpaired) electrons. The number of amides is 2. The van der Waals surface area contributed by atoms with Crippen molar-refractivity contribution in [3.63, 3.8) is 0 Å². The molecule has 0 aliphatic heterocycles. The summed E-state index contributed by atoms with van der Waals surface area (Å²) in [5, 5.41) is 14.6. The molecule has 0 aliphatic rings. The molecule has 0 heterocycles. The number of hydrogen-bond acceptors (Lipinski definition) is 4. The molecule has 0 aliphatic carbocycles. The summed E-state index contributed by atoms with van der Waals surface area (Å²) in [6, 6.07) is 28.8. The van der Waals surface area contributed by atoms with E-state index in [9.17, 15) is 14.7 Å². The number of benzene rings is 4. The number of aromatic hydroxyl groups is 1. The lowest BCUT2D eigenvalue weighted by atomic mass is 9.91. The van der Waals surface area contributed by atoms with E-state index in [4.69, 9.17) is 0 Å². The Bertz CT molecular complexity index is 1340. The van der Waals surface area contributed by atoms with Crippen molar-refractivity contribution in [2.75, 3.05) is 6.54 Å². The maximum atomic E-state index is 13.3. The van der Waals surface area contributed by atoms with Crippen LogP contribution in [-0.2, 0) is 4.79 Å². The molecule has 0 spiro atoms. The molecule has 4 aromatic rings. The molecule has 0 aromatic heterocycles. The van der Waals surface area contributed by atoms with Crippen molar-refractivity contribution in [2.24, 2.45) is 0 Å². The van der Waals surface area contributed by atoms with Crippen molar-refractivity contribution in [1.82, 2.24) is 10.0 Å². The molecular formula is C31H32N2O3S. The van der Waals surface area contributed by atoms with Gasteiger partial charge in [0.2, 0.25) is 5.91 Å². The number of fused-ring (bicyclic) bond motifs is 1. The van der Waals surface area contributed by atoms with E-state index < -0.39 is 0 Å². The van der Waals surface area contributed by atoms with Crippen molar-refractivity contribution in [3.8, 4) is 5.75 Å². The summed E-state index contributed by atoms with van der Waals surface area (Å²) >= 11 is 1.35. The van der Waals surface area contributed by atoms with Gasteiger partial charge in [-0.15, -0.1) is 0 Å². The Kier molecular flexibility index (Phi) is 9.22. The second-order valence-corrected chi connectivity index (χ2v) is 10.1. The number of rotatable bonds is 11. The van der Waals surface area contributed by atoms with Crippen LogP contribution in [0.1, 0.15) is 53.1 Å². The lowest BCUT2D eigenvalue weighted by Gasteiger charge is -2.18. The molecule has 0 saturated heterocycles. The SMILES string of the molecule is Cc1ccc(SNC(=O)C(CCCCCNC(=O)c2ccc(O)cc2)c2ccc3ccccc3c2)cc1. The Hall–Kier alpha value is -3.77. The summed E-state index contributed by atoms with van der Waals surface area (Å²) in [7, 11) is 0. The predicted octanol–water partition coefficient (Wildman–Crippen LogP) is 6.75. The fourth-order valence-electron chi connectivity index (χ4n) is 4.23. The number of carbonyl (C=O) groups excluding carboxylic acids is 2. The molecule has 4 rings (SSSR count). The van der Waals surface area contributed by atoms with Crippen LogP contribution in [-0.4, -0.2) is 23.5 Å². The highest BCUT2D eigenvalue weighted by atomic mass is 32.2. The average Bonchev–Trinajstić information content (AvgIpc) is 2.92. The molecule has 5 nitrogen and oxygen atoms in total. The van der Waals surface area contributed by atoms with E-state index in [0.29, 0.717) is 12.1 Å². The van der Waals surface area contributed by atoms with Crippen molar-refractivity contribution < 1.29 is 14.7 Å². The lowest BCUT2D eigenvalue weighted by molar-refractivity contribution is -0.120. The van der Waals surface area contributed by atoms with Crippen LogP contribution in [0.5, 0.6) is 5.75 Å². The number of unbranched alkanes of at least 4 members (excludes halogenated alkanes) is 2. The number of aryl methyl sites for hydroxylation is 1. The minimum Gasteiger partial charge on any atom is -0.508 e. The van der Waals surface area contributed by atoms with Gasteiger partial charge in [-0.3, -0.25) is 14.3 Å². The third-order valence-electron chi connectivity index (χ3n) is 6.37. The highest BCUT2D eigenvalue weighted by molar-refractivity contribution is 7.98. The van der Waals surface area contributed by atoms with E-state index >= 15 is 0 Å². The van der Waals surface area contributed by atoms with Crippen LogP contribution in [0.4, 0.5) is 0 Å². The van der Waals surface area contributed by atoms with E-state index in [0.717, 1.165) is 46.9 Å². The fourth-order valence-corrected chi connectivity index (χ4v) is 4.86. The molecule has 6 heteroatoms. The van der Waals surface area contributed by atoms with Gasteiger partial charge in [-0.25, -0.2) is 0 Å². The number of carbonyl (C=O) groups is 2. The van der Waals surface area contributed by atoms with Crippen LogP contribution >= 0.6 is 11.9 Å². The molecule has 1 atom stereocenters. The average molecular weight is 513 g/mol. The van der Waals surface area contributed by atoms with Gasteiger partial charge in [0.1, 0.15) is 5.75 Å². The van der Waals surface area contributed by atoms with Crippen LogP contribution in [0, 0.1) is 6.92 Å². The van der Waals surface area contributed by atoms with Gasteiger partial charge in [0.15, 0.2) is 0 Å². The third kappa shape index (κ3) is 7.61. The van der Waals surface area contributed by atoms with Crippen LogP contribution in [0.25, 0.3) is 10.8 Å². The van der Waals surface area contributed by atoms with Gasteiger partial charge in [-0.05, 0) is 84.4 Å². The molecule has 0 fully saturated rings. The molecule has 2 amide bonds. The fraction of sp³-hybridized carbons (Fsp3) is 0.226. The van der Waals surface area contributed by atoms with Gasteiger partial charge in [0.05, 0.1) is 5.92 Å². The smallest absolute Gasteiger partial charge is 0.251 e. The Morgan fingerprint density at radius 1 is 0.838 bits per heavy atom. The van der Waals surface area contributed by atoms with Crippen LogP contribution in [0.15, 0.2) is 95.9 Å². The number of nitrogens with one attached hydrogen (secondary N) is 2. The number of phenols is 1. The highest BCUT2D eigenvalue weighted by Gasteiger charge is 2.21.